The largest absolute Gasteiger partial charge is 0.299 e. The summed E-state index contributed by atoms with van der Waals surface area (Å²) < 4.78 is 0. The predicted molar refractivity (Wildman–Crippen MR) is 53.4 cm³/mol. The van der Waals surface area contributed by atoms with Gasteiger partial charge in [0, 0.05) is 11.3 Å². The van der Waals surface area contributed by atoms with Crippen molar-refractivity contribution >= 4 is 5.78 Å². The van der Waals surface area contributed by atoms with Crippen LogP contribution in [0.15, 0.2) is 0 Å². The van der Waals surface area contributed by atoms with E-state index < -0.39 is 0 Å². The van der Waals surface area contributed by atoms with Gasteiger partial charge in [-0.25, -0.2) is 0 Å². The minimum Gasteiger partial charge on any atom is -0.299 e. The van der Waals surface area contributed by atoms with Crippen LogP contribution in [-0.2, 0) is 4.79 Å². The van der Waals surface area contributed by atoms with E-state index in [-0.39, 0.29) is 5.41 Å². The molecule has 0 aromatic heterocycles. The summed E-state index contributed by atoms with van der Waals surface area (Å²) in [6, 6.07) is 0. The van der Waals surface area contributed by atoms with Crippen molar-refractivity contribution in [1.82, 2.24) is 0 Å². The van der Waals surface area contributed by atoms with Gasteiger partial charge >= 0.3 is 0 Å². The van der Waals surface area contributed by atoms with E-state index in [1.54, 1.807) is 0 Å². The van der Waals surface area contributed by atoms with Gasteiger partial charge in [0.25, 0.3) is 0 Å². The molecule has 0 spiro atoms. The minimum absolute atomic E-state index is 0.116. The fourth-order valence-electron chi connectivity index (χ4n) is 3.12. The van der Waals surface area contributed by atoms with Gasteiger partial charge in [0.2, 0.25) is 0 Å². The minimum atomic E-state index is -0.116. The van der Waals surface area contributed by atoms with E-state index in [2.05, 4.69) is 20.8 Å². The van der Waals surface area contributed by atoms with Crippen molar-refractivity contribution in [2.75, 3.05) is 0 Å². The molecule has 2 saturated carbocycles. The number of Topliss-reactive ketones (excluding diaryl/α,β-unsaturated/α-hetero) is 1. The van der Waals surface area contributed by atoms with Crippen LogP contribution in [0.3, 0.4) is 0 Å². The molecule has 0 N–H and O–H groups in total. The molecule has 0 radical (unpaired) electrons. The van der Waals surface area contributed by atoms with Gasteiger partial charge in [0.15, 0.2) is 0 Å². The highest BCUT2D eigenvalue weighted by Crippen LogP contribution is 2.50. The van der Waals surface area contributed by atoms with Crippen molar-refractivity contribution in [1.29, 1.82) is 0 Å². The summed E-state index contributed by atoms with van der Waals surface area (Å²) in [5.41, 5.74) is -0.116. The van der Waals surface area contributed by atoms with Crippen LogP contribution in [0.2, 0.25) is 0 Å². The van der Waals surface area contributed by atoms with E-state index in [1.807, 2.05) is 0 Å². The first-order valence-electron chi connectivity index (χ1n) is 5.53. The monoisotopic (exact) mass is 180 g/mol. The third kappa shape index (κ3) is 1.53. The number of hydrogen-bond donors (Lipinski definition) is 0. The zero-order valence-corrected chi connectivity index (χ0v) is 8.97. The molecule has 0 heterocycles. The molecule has 3 atom stereocenters. The Balaban J connectivity index is 2.07. The Morgan fingerprint density at radius 1 is 1.15 bits per heavy atom. The van der Waals surface area contributed by atoms with E-state index >= 15 is 0 Å². The molecule has 3 unspecified atom stereocenters. The van der Waals surface area contributed by atoms with Gasteiger partial charge in [-0.1, -0.05) is 27.2 Å². The standard InChI is InChI=1S/C12H20O/c1-12(2,3)11(13)10-7-8-4-5-9(10)6-8/h8-10H,4-7H2,1-3H3. The van der Waals surface area contributed by atoms with Crippen LogP contribution < -0.4 is 0 Å². The lowest BCUT2D eigenvalue weighted by atomic mass is 9.76. The average molecular weight is 180 g/mol. The van der Waals surface area contributed by atoms with E-state index in [0.29, 0.717) is 11.7 Å². The maximum Gasteiger partial charge on any atom is 0.141 e. The fraction of sp³-hybridized carbons (Fsp3) is 0.917. The highest BCUT2D eigenvalue weighted by Gasteiger charge is 2.45. The lowest BCUT2D eigenvalue weighted by molar-refractivity contribution is -0.132. The number of rotatable bonds is 1. The lowest BCUT2D eigenvalue weighted by Crippen LogP contribution is -2.31. The van der Waals surface area contributed by atoms with Crippen LogP contribution in [0, 0.1) is 23.2 Å². The number of carbonyl (C=O) groups is 1. The molecular formula is C12H20O. The van der Waals surface area contributed by atoms with Crippen molar-refractivity contribution in [2.45, 2.75) is 46.5 Å². The Morgan fingerprint density at radius 2 is 1.85 bits per heavy atom. The van der Waals surface area contributed by atoms with Crippen molar-refractivity contribution in [3.63, 3.8) is 0 Å². The van der Waals surface area contributed by atoms with E-state index in [0.717, 1.165) is 11.8 Å². The van der Waals surface area contributed by atoms with Gasteiger partial charge in [-0.3, -0.25) is 4.79 Å². The molecule has 1 heteroatoms. The SMILES string of the molecule is CC(C)(C)C(=O)C1CC2CCC1C2. The van der Waals surface area contributed by atoms with E-state index in [9.17, 15) is 4.79 Å². The van der Waals surface area contributed by atoms with Crippen molar-refractivity contribution < 1.29 is 4.79 Å². The van der Waals surface area contributed by atoms with Crippen molar-refractivity contribution in [2.24, 2.45) is 23.2 Å². The first kappa shape index (κ1) is 9.23. The van der Waals surface area contributed by atoms with Gasteiger partial charge in [0.1, 0.15) is 5.78 Å². The number of ketones is 1. The van der Waals surface area contributed by atoms with Gasteiger partial charge in [-0.05, 0) is 31.1 Å². The number of carbonyl (C=O) groups excluding carboxylic acids is 1. The Labute approximate surface area is 80.9 Å². The molecule has 2 fully saturated rings. The van der Waals surface area contributed by atoms with Crippen LogP contribution in [0.5, 0.6) is 0 Å². The van der Waals surface area contributed by atoms with Crippen LogP contribution in [-0.4, -0.2) is 5.78 Å². The summed E-state index contributed by atoms with van der Waals surface area (Å²) in [7, 11) is 0. The molecule has 0 aromatic rings. The average Bonchev–Trinajstić information content (AvgIpc) is 2.60. The third-order valence-corrected chi connectivity index (χ3v) is 3.81. The summed E-state index contributed by atoms with van der Waals surface area (Å²) in [6.45, 7) is 6.17. The molecule has 1 nitrogen and oxygen atoms in total. The van der Waals surface area contributed by atoms with Crippen LogP contribution in [0.1, 0.15) is 46.5 Å². The molecule has 13 heavy (non-hydrogen) atoms. The normalized spacial score (nSPS) is 38.2. The molecule has 0 amide bonds. The molecule has 0 aliphatic heterocycles. The van der Waals surface area contributed by atoms with Gasteiger partial charge in [-0.2, -0.15) is 0 Å². The smallest absolute Gasteiger partial charge is 0.141 e. The highest BCUT2D eigenvalue weighted by molar-refractivity contribution is 5.86. The second-order valence-corrected chi connectivity index (χ2v) is 5.90. The van der Waals surface area contributed by atoms with Crippen LogP contribution in [0.25, 0.3) is 0 Å². The Hall–Kier alpha value is -0.330. The van der Waals surface area contributed by atoms with Crippen molar-refractivity contribution in [3.05, 3.63) is 0 Å². The maximum absolute atomic E-state index is 12.1. The third-order valence-electron chi connectivity index (χ3n) is 3.81. The van der Waals surface area contributed by atoms with Crippen molar-refractivity contribution in [3.8, 4) is 0 Å². The quantitative estimate of drug-likeness (QED) is 0.606. The zero-order valence-electron chi connectivity index (χ0n) is 8.97. The highest BCUT2D eigenvalue weighted by atomic mass is 16.1. The summed E-state index contributed by atoms with van der Waals surface area (Å²) in [5, 5.41) is 0. The zero-order chi connectivity index (χ0) is 9.64. The van der Waals surface area contributed by atoms with E-state index in [1.165, 1.54) is 25.7 Å². The first-order valence-corrected chi connectivity index (χ1v) is 5.53. The second kappa shape index (κ2) is 2.83. The molecule has 0 saturated heterocycles. The maximum atomic E-state index is 12.1. The summed E-state index contributed by atoms with van der Waals surface area (Å²) in [6.07, 6.45) is 5.24. The number of hydrogen-bond acceptors (Lipinski definition) is 1. The summed E-state index contributed by atoms with van der Waals surface area (Å²) >= 11 is 0. The Morgan fingerprint density at radius 3 is 2.23 bits per heavy atom. The summed E-state index contributed by atoms with van der Waals surface area (Å²) in [4.78, 5) is 12.1. The fourth-order valence-corrected chi connectivity index (χ4v) is 3.12. The van der Waals surface area contributed by atoms with Gasteiger partial charge in [0.05, 0.1) is 0 Å². The predicted octanol–water partition coefficient (Wildman–Crippen LogP) is 3.04. The van der Waals surface area contributed by atoms with Gasteiger partial charge in [-0.15, -0.1) is 0 Å². The molecule has 2 aliphatic carbocycles. The topological polar surface area (TPSA) is 17.1 Å². The molecule has 2 rings (SSSR count). The first-order chi connectivity index (χ1) is 5.98. The number of fused-ring (bicyclic) bond motifs is 2. The Kier molecular flexibility index (Phi) is 2.01. The lowest BCUT2D eigenvalue weighted by Gasteiger charge is -2.27. The molecule has 74 valence electrons. The molecule has 2 bridgehead atoms. The van der Waals surface area contributed by atoms with Crippen LogP contribution >= 0.6 is 0 Å². The molecule has 2 aliphatic rings. The molecular weight excluding hydrogens is 160 g/mol. The van der Waals surface area contributed by atoms with Crippen LogP contribution in [0.4, 0.5) is 0 Å². The Bertz CT molecular complexity index is 224. The molecule has 0 aromatic carbocycles. The summed E-state index contributed by atoms with van der Waals surface area (Å²) in [5.74, 6) is 2.57. The van der Waals surface area contributed by atoms with Gasteiger partial charge < -0.3 is 0 Å². The van der Waals surface area contributed by atoms with E-state index in [4.69, 9.17) is 0 Å². The second-order valence-electron chi connectivity index (χ2n) is 5.90.